The first kappa shape index (κ1) is 24.2. The zero-order chi connectivity index (χ0) is 25.3. The molecular formula is C24H23F4N6O+. The Morgan fingerprint density at radius 2 is 2.03 bits per heavy atom. The van der Waals surface area contributed by atoms with Crippen molar-refractivity contribution in [2.75, 3.05) is 19.1 Å². The molecule has 7 nitrogen and oxygen atoms in total. The van der Waals surface area contributed by atoms with E-state index in [1.165, 1.54) is 7.11 Å². The van der Waals surface area contributed by atoms with Crippen molar-refractivity contribution in [3.8, 4) is 24.0 Å². The average Bonchev–Trinajstić information content (AvgIpc) is 3.27. The summed E-state index contributed by atoms with van der Waals surface area (Å²) in [5.74, 6) is -0.610. The third-order valence-electron chi connectivity index (χ3n) is 5.80. The zero-order valence-electron chi connectivity index (χ0n) is 19.3. The maximum Gasteiger partial charge on any atom is 0.416 e. The molecule has 1 atom stereocenters. The van der Waals surface area contributed by atoms with Gasteiger partial charge in [-0.3, -0.25) is 0 Å². The number of nitrogens with zero attached hydrogens (tertiary/aromatic N) is 6. The van der Waals surface area contributed by atoms with E-state index in [-0.39, 0.29) is 11.4 Å². The van der Waals surface area contributed by atoms with Crippen molar-refractivity contribution in [2.24, 2.45) is 0 Å². The normalized spacial score (nSPS) is 15.9. The van der Waals surface area contributed by atoms with Gasteiger partial charge in [0.25, 0.3) is 6.57 Å². The topological polar surface area (TPSA) is 60.4 Å². The fraction of sp³-hybridized carbons (Fsp3) is 0.333. The largest absolute Gasteiger partial charge is 0.479 e. The standard InChI is InChI=1S/C24H23F4N6O/c1-14(29-2)13-33(3)20-10-9-19(30-23(20)35-4)21-31-22-16(6-5-11-34(22)32-21)17-12-15(25)7-8-18(17)24(26,27)28/h2,7-10,12-13,16H,5-6,11H2,1,3-4H3/q+1. The molecule has 1 aliphatic rings. The third-order valence-corrected chi connectivity index (χ3v) is 5.80. The molecule has 3 aromatic rings. The first-order chi connectivity index (χ1) is 16.6. The third kappa shape index (κ3) is 4.82. The Morgan fingerprint density at radius 1 is 1.26 bits per heavy atom. The Balaban J connectivity index is 1.75. The van der Waals surface area contributed by atoms with Gasteiger partial charge in [-0.25, -0.2) is 19.0 Å². The van der Waals surface area contributed by atoms with Crippen molar-refractivity contribution in [2.45, 2.75) is 38.4 Å². The number of benzene rings is 1. The second kappa shape index (κ2) is 9.37. The quantitative estimate of drug-likeness (QED) is 0.433. The minimum atomic E-state index is -4.62. The molecule has 1 aliphatic heterocycles. The van der Waals surface area contributed by atoms with Gasteiger partial charge in [0.05, 0.1) is 18.9 Å². The van der Waals surface area contributed by atoms with Crippen LogP contribution in [-0.2, 0) is 12.7 Å². The van der Waals surface area contributed by atoms with Gasteiger partial charge in [0.15, 0.2) is 5.82 Å². The molecule has 11 heteroatoms. The van der Waals surface area contributed by atoms with E-state index in [0.717, 1.165) is 18.2 Å². The summed E-state index contributed by atoms with van der Waals surface area (Å²) in [6, 6.07) is 5.98. The Labute approximate surface area is 199 Å². The van der Waals surface area contributed by atoms with Crippen LogP contribution in [0.5, 0.6) is 5.88 Å². The molecule has 182 valence electrons. The van der Waals surface area contributed by atoms with Crippen LogP contribution in [0.25, 0.3) is 16.4 Å². The molecule has 0 radical (unpaired) electrons. The van der Waals surface area contributed by atoms with Crippen LogP contribution >= 0.6 is 0 Å². The molecule has 0 saturated carbocycles. The van der Waals surface area contributed by atoms with E-state index in [4.69, 9.17) is 11.3 Å². The number of hydrogen-bond acceptors (Lipinski definition) is 5. The molecule has 0 saturated heterocycles. The number of fused-ring (bicyclic) bond motifs is 1. The molecule has 1 unspecified atom stereocenters. The van der Waals surface area contributed by atoms with Gasteiger partial charge in [0, 0.05) is 26.4 Å². The number of anilines is 1. The van der Waals surface area contributed by atoms with E-state index < -0.39 is 23.5 Å². The molecule has 0 fully saturated rings. The molecule has 0 N–H and O–H groups in total. The van der Waals surface area contributed by atoms with E-state index in [2.05, 4.69) is 19.9 Å². The van der Waals surface area contributed by atoms with Gasteiger partial charge in [-0.05, 0) is 53.6 Å². The molecule has 0 amide bonds. The monoisotopic (exact) mass is 487 g/mol. The molecule has 0 aliphatic carbocycles. The SMILES string of the molecule is C#[N+]C(C)=CN(C)c1ccc(-c2nc3n(n2)CCCC3c2cc(F)ccc2C(F)(F)F)nc1OC. The van der Waals surface area contributed by atoms with Crippen molar-refractivity contribution in [1.29, 1.82) is 0 Å². The lowest BCUT2D eigenvalue weighted by Crippen LogP contribution is -2.21. The Kier molecular flexibility index (Phi) is 6.47. The number of halogens is 4. The number of allylic oxidation sites excluding steroid dienone is 1. The maximum absolute atomic E-state index is 14.0. The van der Waals surface area contributed by atoms with Gasteiger partial charge in [-0.1, -0.05) is 0 Å². The molecule has 3 heterocycles. The predicted molar refractivity (Wildman–Crippen MR) is 123 cm³/mol. The number of methoxy groups -OCH3 is 1. The smallest absolute Gasteiger partial charge is 0.416 e. The van der Waals surface area contributed by atoms with Crippen LogP contribution in [0.1, 0.15) is 42.6 Å². The number of rotatable bonds is 5. The zero-order valence-corrected chi connectivity index (χ0v) is 19.3. The minimum absolute atomic E-state index is 0.146. The fourth-order valence-electron chi connectivity index (χ4n) is 4.19. The maximum atomic E-state index is 14.0. The predicted octanol–water partition coefficient (Wildman–Crippen LogP) is 5.69. The van der Waals surface area contributed by atoms with E-state index in [1.807, 2.05) is 0 Å². The highest BCUT2D eigenvalue weighted by molar-refractivity contribution is 5.63. The molecule has 35 heavy (non-hydrogen) atoms. The summed E-state index contributed by atoms with van der Waals surface area (Å²) in [5, 5.41) is 4.48. The summed E-state index contributed by atoms with van der Waals surface area (Å²) in [6.07, 6.45) is -1.95. The average molecular weight is 487 g/mol. The lowest BCUT2D eigenvalue weighted by atomic mass is 9.87. The van der Waals surface area contributed by atoms with Gasteiger partial charge in [-0.2, -0.15) is 13.2 Å². The molecule has 0 spiro atoms. The first-order valence-corrected chi connectivity index (χ1v) is 10.8. The Morgan fingerprint density at radius 3 is 2.71 bits per heavy atom. The number of ether oxygens (including phenoxy) is 1. The van der Waals surface area contributed by atoms with E-state index in [9.17, 15) is 17.6 Å². The van der Waals surface area contributed by atoms with Crippen LogP contribution in [0.4, 0.5) is 23.2 Å². The van der Waals surface area contributed by atoms with Gasteiger partial charge >= 0.3 is 11.9 Å². The lowest BCUT2D eigenvalue weighted by Gasteiger charge is -2.25. The van der Waals surface area contributed by atoms with Gasteiger partial charge < -0.3 is 9.64 Å². The molecule has 0 bridgehead atoms. The van der Waals surface area contributed by atoms with Crippen molar-refractivity contribution in [3.05, 3.63) is 69.8 Å². The van der Waals surface area contributed by atoms with E-state index in [0.29, 0.717) is 48.2 Å². The first-order valence-electron chi connectivity index (χ1n) is 10.8. The Bertz CT molecular complexity index is 1320. The van der Waals surface area contributed by atoms with Gasteiger partial charge in [0.1, 0.15) is 23.0 Å². The number of alkyl halides is 3. The summed E-state index contributed by atoms with van der Waals surface area (Å²) >= 11 is 0. The molecule has 2 aromatic heterocycles. The van der Waals surface area contributed by atoms with Crippen molar-refractivity contribution < 1.29 is 22.3 Å². The number of aryl methyl sites for hydroxylation is 1. The molecule has 4 rings (SSSR count). The summed E-state index contributed by atoms with van der Waals surface area (Å²) in [6.45, 7) is 7.52. The summed E-state index contributed by atoms with van der Waals surface area (Å²) in [5.41, 5.74) is 0.590. The van der Waals surface area contributed by atoms with Crippen LogP contribution in [0.15, 0.2) is 42.2 Å². The summed E-state index contributed by atoms with van der Waals surface area (Å²) in [7, 11) is 3.25. The number of hydrogen-bond donors (Lipinski definition) is 0. The van der Waals surface area contributed by atoms with Gasteiger partial charge in [0.2, 0.25) is 5.88 Å². The van der Waals surface area contributed by atoms with Crippen molar-refractivity contribution >= 4 is 5.69 Å². The van der Waals surface area contributed by atoms with Crippen molar-refractivity contribution in [3.63, 3.8) is 0 Å². The van der Waals surface area contributed by atoms with Crippen LogP contribution in [0, 0.1) is 12.4 Å². The van der Waals surface area contributed by atoms with Crippen LogP contribution in [0.2, 0.25) is 0 Å². The van der Waals surface area contributed by atoms with Crippen LogP contribution in [-0.4, -0.2) is 33.9 Å². The summed E-state index contributed by atoms with van der Waals surface area (Å²) in [4.78, 5) is 14.4. The van der Waals surface area contributed by atoms with Crippen LogP contribution < -0.4 is 9.64 Å². The Hall–Kier alpha value is -3.94. The summed E-state index contributed by atoms with van der Waals surface area (Å²) < 4.78 is 61.9. The minimum Gasteiger partial charge on any atom is -0.479 e. The molecule has 1 aromatic carbocycles. The van der Waals surface area contributed by atoms with Crippen LogP contribution in [0.3, 0.4) is 0 Å². The highest BCUT2D eigenvalue weighted by Crippen LogP contribution is 2.41. The highest BCUT2D eigenvalue weighted by Gasteiger charge is 2.38. The lowest BCUT2D eigenvalue weighted by molar-refractivity contribution is -0.138. The fourth-order valence-corrected chi connectivity index (χ4v) is 4.19. The highest BCUT2D eigenvalue weighted by atomic mass is 19.4. The number of aromatic nitrogens is 4. The van der Waals surface area contributed by atoms with Crippen molar-refractivity contribution in [1.82, 2.24) is 19.7 Å². The second-order valence-corrected chi connectivity index (χ2v) is 8.18. The number of pyridine rings is 1. The second-order valence-electron chi connectivity index (χ2n) is 8.18. The van der Waals surface area contributed by atoms with E-state index in [1.54, 1.807) is 41.9 Å². The van der Waals surface area contributed by atoms with E-state index >= 15 is 0 Å². The van der Waals surface area contributed by atoms with Gasteiger partial charge in [-0.15, -0.1) is 5.10 Å². The molecular weight excluding hydrogens is 464 g/mol.